The molecule has 0 saturated carbocycles. The number of ether oxygens (including phenoxy) is 1. The summed E-state index contributed by atoms with van der Waals surface area (Å²) in [6.45, 7) is 4.28. The van der Waals surface area contributed by atoms with Crippen LogP contribution in [0.2, 0.25) is 0 Å². The Morgan fingerprint density at radius 1 is 1.13 bits per heavy atom. The molecule has 3 aromatic carbocycles. The number of sulfonamides is 1. The van der Waals surface area contributed by atoms with E-state index in [1.54, 1.807) is 12.1 Å². The number of aryl methyl sites for hydroxylation is 1. The lowest BCUT2D eigenvalue weighted by Gasteiger charge is -2.26. The van der Waals surface area contributed by atoms with Gasteiger partial charge in [-0.15, -0.1) is 0 Å². The Bertz CT molecular complexity index is 1290. The molecule has 0 amide bonds. The third-order valence-corrected chi connectivity index (χ3v) is 7.77. The van der Waals surface area contributed by atoms with E-state index in [1.807, 2.05) is 37.3 Å². The highest BCUT2D eigenvalue weighted by Gasteiger charge is 2.26. The van der Waals surface area contributed by atoms with Crippen molar-refractivity contribution in [3.8, 4) is 0 Å². The zero-order chi connectivity index (χ0) is 21.6. The molecule has 0 aliphatic carbocycles. The number of amidine groups is 1. The van der Waals surface area contributed by atoms with Gasteiger partial charge in [0, 0.05) is 41.7 Å². The fraction of sp³-hybridized carbons (Fsp3) is 0.261. The minimum absolute atomic E-state index is 0.312. The van der Waals surface area contributed by atoms with E-state index in [1.165, 1.54) is 4.31 Å². The van der Waals surface area contributed by atoms with E-state index in [0.29, 0.717) is 43.6 Å². The van der Waals surface area contributed by atoms with Gasteiger partial charge in [-0.25, -0.2) is 13.4 Å². The number of rotatable bonds is 5. The van der Waals surface area contributed by atoms with Crippen LogP contribution in [0.3, 0.4) is 0 Å². The first-order valence-electron chi connectivity index (χ1n) is 10.3. The quantitative estimate of drug-likeness (QED) is 0.641. The molecule has 2 aliphatic rings. The topological polar surface area (TPSA) is 97.0 Å². The number of hydrogen-bond acceptors (Lipinski definition) is 6. The zero-order valence-electron chi connectivity index (χ0n) is 17.3. The Labute approximate surface area is 181 Å². The summed E-state index contributed by atoms with van der Waals surface area (Å²) in [4.78, 5) is 4.80. The molecule has 2 aliphatic heterocycles. The lowest BCUT2D eigenvalue weighted by Crippen LogP contribution is -2.40. The van der Waals surface area contributed by atoms with Gasteiger partial charge in [-0.1, -0.05) is 30.3 Å². The largest absolute Gasteiger partial charge is 0.383 e. The summed E-state index contributed by atoms with van der Waals surface area (Å²) >= 11 is 0. The van der Waals surface area contributed by atoms with Crippen LogP contribution in [0.25, 0.3) is 10.8 Å². The second-order valence-corrected chi connectivity index (χ2v) is 9.76. The van der Waals surface area contributed by atoms with E-state index >= 15 is 0 Å². The van der Waals surface area contributed by atoms with Crippen molar-refractivity contribution in [3.05, 3.63) is 65.2 Å². The normalized spacial score (nSPS) is 16.5. The molecule has 5 rings (SSSR count). The van der Waals surface area contributed by atoms with E-state index < -0.39 is 10.0 Å². The minimum atomic E-state index is -3.48. The van der Waals surface area contributed by atoms with Gasteiger partial charge in [0.15, 0.2) is 0 Å². The maximum absolute atomic E-state index is 12.8. The molecule has 7 nitrogen and oxygen atoms in total. The summed E-state index contributed by atoms with van der Waals surface area (Å²) in [5.74, 6) is 0.550. The van der Waals surface area contributed by atoms with Gasteiger partial charge in [-0.2, -0.15) is 4.31 Å². The molecule has 160 valence electrons. The van der Waals surface area contributed by atoms with E-state index in [0.717, 1.165) is 38.8 Å². The van der Waals surface area contributed by atoms with Gasteiger partial charge in [-0.3, -0.25) is 0 Å². The molecule has 3 aromatic rings. The zero-order valence-corrected chi connectivity index (χ0v) is 18.1. The molecule has 1 saturated heterocycles. The lowest BCUT2D eigenvalue weighted by molar-refractivity contribution is 0.0730. The standard InChI is InChI=1S/C23H24N4O3S/c1-15-13-20-21-18(3-2-4-19(21)23(24)26-20)22(15)25-14-16-5-7-17(8-6-16)31(28,29)27-9-11-30-12-10-27/h2-8,13,25H,9-12,14H2,1H3,(H2,24,26). The summed E-state index contributed by atoms with van der Waals surface area (Å²) < 4.78 is 32.3. The summed E-state index contributed by atoms with van der Waals surface area (Å²) in [5, 5.41) is 5.68. The number of nitrogens with two attached hydrogens (primary N) is 1. The Kier molecular flexibility index (Phi) is 4.92. The molecular weight excluding hydrogens is 412 g/mol. The first-order chi connectivity index (χ1) is 14.9. The van der Waals surface area contributed by atoms with Crippen LogP contribution in [0.5, 0.6) is 0 Å². The number of benzene rings is 3. The summed E-state index contributed by atoms with van der Waals surface area (Å²) in [7, 11) is -3.48. The Morgan fingerprint density at radius 3 is 2.61 bits per heavy atom. The maximum Gasteiger partial charge on any atom is 0.243 e. The third kappa shape index (κ3) is 3.46. The monoisotopic (exact) mass is 436 g/mol. The molecule has 0 radical (unpaired) electrons. The smallest absolute Gasteiger partial charge is 0.243 e. The average Bonchev–Trinajstić information content (AvgIpc) is 3.10. The van der Waals surface area contributed by atoms with Crippen LogP contribution in [0.4, 0.5) is 11.4 Å². The van der Waals surface area contributed by atoms with Gasteiger partial charge in [0.05, 0.1) is 23.8 Å². The van der Waals surface area contributed by atoms with Gasteiger partial charge in [0.1, 0.15) is 5.84 Å². The maximum atomic E-state index is 12.8. The average molecular weight is 437 g/mol. The molecule has 1 fully saturated rings. The van der Waals surface area contributed by atoms with Crippen LogP contribution in [-0.4, -0.2) is 44.9 Å². The number of anilines is 1. The number of morpholine rings is 1. The van der Waals surface area contributed by atoms with Gasteiger partial charge >= 0.3 is 0 Å². The van der Waals surface area contributed by atoms with E-state index in [9.17, 15) is 8.42 Å². The molecule has 0 atom stereocenters. The summed E-state index contributed by atoms with van der Waals surface area (Å²) in [6.07, 6.45) is 0. The van der Waals surface area contributed by atoms with Crippen molar-refractivity contribution in [2.75, 3.05) is 31.6 Å². The van der Waals surface area contributed by atoms with Gasteiger partial charge < -0.3 is 15.8 Å². The van der Waals surface area contributed by atoms with Gasteiger partial charge in [-0.05, 0) is 36.2 Å². The fourth-order valence-electron chi connectivity index (χ4n) is 4.23. The van der Waals surface area contributed by atoms with Crippen LogP contribution in [-0.2, 0) is 21.3 Å². The van der Waals surface area contributed by atoms with Crippen molar-refractivity contribution in [1.82, 2.24) is 4.31 Å². The van der Waals surface area contributed by atoms with Crippen molar-refractivity contribution < 1.29 is 13.2 Å². The summed E-state index contributed by atoms with van der Waals surface area (Å²) in [5.41, 5.74) is 11.1. The van der Waals surface area contributed by atoms with Crippen LogP contribution in [0.1, 0.15) is 16.7 Å². The lowest BCUT2D eigenvalue weighted by atomic mass is 9.99. The van der Waals surface area contributed by atoms with Crippen molar-refractivity contribution in [3.63, 3.8) is 0 Å². The molecule has 0 spiro atoms. The van der Waals surface area contributed by atoms with E-state index in [4.69, 9.17) is 10.5 Å². The van der Waals surface area contributed by atoms with Gasteiger partial charge in [0.2, 0.25) is 10.0 Å². The van der Waals surface area contributed by atoms with E-state index in [-0.39, 0.29) is 0 Å². The third-order valence-electron chi connectivity index (χ3n) is 5.85. The Morgan fingerprint density at radius 2 is 1.87 bits per heavy atom. The van der Waals surface area contributed by atoms with Crippen LogP contribution >= 0.6 is 0 Å². The fourth-order valence-corrected chi connectivity index (χ4v) is 5.64. The van der Waals surface area contributed by atoms with Crippen LogP contribution in [0, 0.1) is 6.92 Å². The predicted molar refractivity (Wildman–Crippen MR) is 122 cm³/mol. The van der Waals surface area contributed by atoms with Crippen LogP contribution < -0.4 is 11.1 Å². The molecule has 0 bridgehead atoms. The molecular formula is C23H24N4O3S. The van der Waals surface area contributed by atoms with Crippen molar-refractivity contribution in [2.45, 2.75) is 18.4 Å². The number of nitrogens with one attached hydrogen (secondary N) is 1. The molecule has 0 aromatic heterocycles. The number of nitrogens with zero attached hydrogens (tertiary/aromatic N) is 2. The molecule has 0 unspecified atom stereocenters. The molecule has 31 heavy (non-hydrogen) atoms. The van der Waals surface area contributed by atoms with Crippen molar-refractivity contribution in [1.29, 1.82) is 0 Å². The Balaban J connectivity index is 1.37. The summed E-state index contributed by atoms with van der Waals surface area (Å²) in [6, 6.07) is 15.2. The Hall–Kier alpha value is -2.94. The number of hydrogen-bond donors (Lipinski definition) is 2. The molecule has 2 heterocycles. The van der Waals surface area contributed by atoms with Crippen LogP contribution in [0.15, 0.2) is 58.4 Å². The first-order valence-corrected chi connectivity index (χ1v) is 11.7. The van der Waals surface area contributed by atoms with E-state index in [2.05, 4.69) is 16.4 Å². The van der Waals surface area contributed by atoms with Gasteiger partial charge in [0.25, 0.3) is 0 Å². The second-order valence-electron chi connectivity index (χ2n) is 7.83. The molecule has 8 heteroatoms. The minimum Gasteiger partial charge on any atom is -0.383 e. The highest BCUT2D eigenvalue weighted by molar-refractivity contribution is 7.89. The van der Waals surface area contributed by atoms with Crippen molar-refractivity contribution in [2.24, 2.45) is 10.7 Å². The second kappa shape index (κ2) is 7.64. The molecule has 3 N–H and O–H groups in total. The first kappa shape index (κ1) is 20.0. The highest BCUT2D eigenvalue weighted by Crippen LogP contribution is 2.40. The highest BCUT2D eigenvalue weighted by atomic mass is 32.2. The van der Waals surface area contributed by atoms with Crippen molar-refractivity contribution >= 4 is 38.0 Å². The predicted octanol–water partition coefficient (Wildman–Crippen LogP) is 3.13. The number of aliphatic imine (C=N–C) groups is 1. The SMILES string of the molecule is Cc1cc2c3c(cccc3c1NCc1ccc(S(=O)(=O)N3CCOCC3)cc1)C(N)=N2.